The van der Waals surface area contributed by atoms with Gasteiger partial charge in [-0.05, 0) is 38.3 Å². The Labute approximate surface area is 235 Å². The summed E-state index contributed by atoms with van der Waals surface area (Å²) in [6.07, 6.45) is 2.48. The van der Waals surface area contributed by atoms with Crippen LogP contribution in [0.15, 0.2) is 41.9 Å². The van der Waals surface area contributed by atoms with Gasteiger partial charge in [0, 0.05) is 55.7 Å². The van der Waals surface area contributed by atoms with E-state index in [-0.39, 0.29) is 23.3 Å². The third-order valence-corrected chi connectivity index (χ3v) is 8.53. The Kier molecular flexibility index (Phi) is 6.33. The molecule has 0 saturated carbocycles. The van der Waals surface area contributed by atoms with Gasteiger partial charge in [-0.3, -0.25) is 14.9 Å². The van der Waals surface area contributed by atoms with E-state index in [1.54, 1.807) is 18.1 Å². The van der Waals surface area contributed by atoms with Gasteiger partial charge in [0.25, 0.3) is 11.8 Å². The van der Waals surface area contributed by atoms with E-state index in [1.807, 2.05) is 61.4 Å². The topological polar surface area (TPSA) is 121 Å². The van der Waals surface area contributed by atoms with Gasteiger partial charge in [-0.25, -0.2) is 14.8 Å². The highest BCUT2D eigenvalue weighted by molar-refractivity contribution is 7.17. The summed E-state index contributed by atoms with van der Waals surface area (Å²) in [6.45, 7) is 7.05. The van der Waals surface area contributed by atoms with Gasteiger partial charge < -0.3 is 19.5 Å². The normalized spacial score (nSPS) is 16.8. The maximum absolute atomic E-state index is 13.2. The molecule has 6 rings (SSSR count). The van der Waals surface area contributed by atoms with Crippen molar-refractivity contribution in [3.8, 4) is 0 Å². The van der Waals surface area contributed by atoms with Crippen molar-refractivity contribution in [1.82, 2.24) is 25.2 Å². The first-order valence-corrected chi connectivity index (χ1v) is 14.1. The molecule has 0 atom stereocenters. The summed E-state index contributed by atoms with van der Waals surface area (Å²) in [7, 11) is 1.74. The number of H-pyrrole nitrogens is 1. The molecule has 0 spiro atoms. The van der Waals surface area contributed by atoms with Crippen LogP contribution in [0.5, 0.6) is 0 Å². The van der Waals surface area contributed by atoms with Crippen LogP contribution in [-0.2, 0) is 14.3 Å². The number of benzene rings is 1. The number of aromatic nitrogens is 3. The molecule has 3 amide bonds. The highest BCUT2D eigenvalue weighted by Gasteiger charge is 2.36. The predicted octanol–water partition coefficient (Wildman–Crippen LogP) is 4.58. The monoisotopic (exact) mass is 558 g/mol. The van der Waals surface area contributed by atoms with Gasteiger partial charge in [-0.1, -0.05) is 18.2 Å². The lowest BCUT2D eigenvalue weighted by Crippen LogP contribution is -2.46. The summed E-state index contributed by atoms with van der Waals surface area (Å²) in [6, 6.07) is 9.44. The van der Waals surface area contributed by atoms with Gasteiger partial charge in [0.1, 0.15) is 6.10 Å². The van der Waals surface area contributed by atoms with Gasteiger partial charge in [0.2, 0.25) is 5.95 Å². The van der Waals surface area contributed by atoms with Crippen LogP contribution in [0.1, 0.15) is 44.9 Å². The number of amides is 3. The number of hydrogen-bond acceptors (Lipinski definition) is 8. The first kappa shape index (κ1) is 26.0. The first-order chi connectivity index (χ1) is 19.1. The minimum Gasteiger partial charge on any atom is -0.446 e. The van der Waals surface area contributed by atoms with E-state index in [0.717, 1.165) is 10.2 Å². The Morgan fingerprint density at radius 3 is 2.55 bits per heavy atom. The van der Waals surface area contributed by atoms with Crippen molar-refractivity contribution in [1.29, 1.82) is 0 Å². The highest BCUT2D eigenvalue weighted by atomic mass is 32.1. The van der Waals surface area contributed by atoms with E-state index in [2.05, 4.69) is 10.3 Å². The van der Waals surface area contributed by atoms with Crippen LogP contribution < -0.4 is 10.2 Å². The molecule has 10 nitrogen and oxygen atoms in total. The van der Waals surface area contributed by atoms with Crippen molar-refractivity contribution >= 4 is 67.5 Å². The lowest BCUT2D eigenvalue weighted by atomic mass is 9.99. The van der Waals surface area contributed by atoms with E-state index in [9.17, 15) is 14.4 Å². The molecule has 1 fully saturated rings. The summed E-state index contributed by atoms with van der Waals surface area (Å²) in [5.41, 5.74) is 2.90. The van der Waals surface area contributed by atoms with E-state index in [4.69, 9.17) is 14.7 Å². The molecule has 0 radical (unpaired) electrons. The molecule has 5 heterocycles. The molecular formula is C29H30N6O4S. The maximum Gasteiger partial charge on any atom is 0.410 e. The van der Waals surface area contributed by atoms with Crippen LogP contribution in [0.3, 0.4) is 0 Å². The zero-order valence-corrected chi connectivity index (χ0v) is 23.6. The van der Waals surface area contributed by atoms with Crippen molar-refractivity contribution in [2.24, 2.45) is 0 Å². The maximum atomic E-state index is 13.2. The number of para-hydroxylation sites is 1. The van der Waals surface area contributed by atoms with E-state index >= 15 is 0 Å². The van der Waals surface area contributed by atoms with Crippen molar-refractivity contribution in [3.05, 3.63) is 53.2 Å². The molecule has 40 heavy (non-hydrogen) atoms. The average Bonchev–Trinajstić information content (AvgIpc) is 3.62. The summed E-state index contributed by atoms with van der Waals surface area (Å²) in [5.74, 6) is -0.449. The first-order valence-electron chi connectivity index (χ1n) is 13.2. The number of piperidine rings is 1. The molecule has 2 aliphatic rings. The molecule has 1 saturated heterocycles. The molecule has 0 bridgehead atoms. The summed E-state index contributed by atoms with van der Waals surface area (Å²) >= 11 is 1.51. The predicted molar refractivity (Wildman–Crippen MR) is 155 cm³/mol. The average molecular weight is 559 g/mol. The Bertz CT molecular complexity index is 1690. The zero-order chi connectivity index (χ0) is 28.2. The molecule has 1 aromatic carbocycles. The number of nitrogens with zero attached hydrogens (tertiary/aromatic N) is 4. The summed E-state index contributed by atoms with van der Waals surface area (Å²) in [4.78, 5) is 55.5. The minimum atomic E-state index is -0.478. The van der Waals surface area contributed by atoms with Crippen LogP contribution in [0.25, 0.3) is 32.3 Å². The number of fused-ring (bicyclic) bond motifs is 2. The largest absolute Gasteiger partial charge is 0.446 e. The Morgan fingerprint density at radius 2 is 1.80 bits per heavy atom. The van der Waals surface area contributed by atoms with Gasteiger partial charge in [0.05, 0.1) is 32.6 Å². The van der Waals surface area contributed by atoms with Crippen LogP contribution in [-0.4, -0.2) is 69.5 Å². The molecule has 2 N–H and O–H groups in total. The molecule has 3 aromatic heterocycles. The Balaban J connectivity index is 1.35. The Morgan fingerprint density at radius 1 is 1.07 bits per heavy atom. The minimum absolute atomic E-state index is 0.206. The molecule has 206 valence electrons. The number of imide groups is 1. The summed E-state index contributed by atoms with van der Waals surface area (Å²) < 4.78 is 6.68. The molecule has 0 aliphatic carbocycles. The van der Waals surface area contributed by atoms with E-state index in [0.29, 0.717) is 59.6 Å². The van der Waals surface area contributed by atoms with Gasteiger partial charge in [-0.2, -0.15) is 0 Å². The van der Waals surface area contributed by atoms with Crippen LogP contribution in [0.2, 0.25) is 0 Å². The standard InChI is InChI=1S/C29H30N6O4S/c1-29(2,3)34(4)28(38)39-16-9-12-35(13-10-16)27-31-19-8-6-5-7-17(19)23(32-27)22-21(25(36)33-26(22)37)18-15-30-20-11-14-40-24(18)20/h5-8,11,14-16,30H,9-10,12-13H2,1-4H3,(H,33,36,37). The third-order valence-electron chi connectivity index (χ3n) is 7.58. The number of hydrogen-bond donors (Lipinski definition) is 2. The van der Waals surface area contributed by atoms with Crippen molar-refractivity contribution in [3.63, 3.8) is 0 Å². The smallest absolute Gasteiger partial charge is 0.410 e. The number of carbonyl (C=O) groups is 3. The molecule has 11 heteroatoms. The second kappa shape index (κ2) is 9.74. The van der Waals surface area contributed by atoms with E-state index in [1.165, 1.54) is 11.3 Å². The fraction of sp³-hybridized carbons (Fsp3) is 0.345. The van der Waals surface area contributed by atoms with Crippen LogP contribution in [0.4, 0.5) is 10.7 Å². The van der Waals surface area contributed by atoms with Crippen molar-refractivity contribution in [2.45, 2.75) is 45.3 Å². The second-order valence-corrected chi connectivity index (χ2v) is 12.0. The Hall–Kier alpha value is -4.25. The van der Waals surface area contributed by atoms with Gasteiger partial charge in [-0.15, -0.1) is 11.3 Å². The third kappa shape index (κ3) is 4.49. The quantitative estimate of drug-likeness (QED) is 0.352. The fourth-order valence-electron chi connectivity index (χ4n) is 5.04. The number of ether oxygens (including phenoxy) is 1. The second-order valence-electron chi connectivity index (χ2n) is 11.1. The SMILES string of the molecule is CN(C(=O)OC1CCN(c2nc(C3=C(c4c[nH]c5ccsc45)C(=O)NC3=O)c3ccccc3n2)CC1)C(C)(C)C. The number of aromatic amines is 1. The van der Waals surface area contributed by atoms with Crippen LogP contribution >= 0.6 is 11.3 Å². The number of thiophene rings is 1. The summed E-state index contributed by atoms with van der Waals surface area (Å²) in [5, 5.41) is 5.11. The van der Waals surface area contributed by atoms with Gasteiger partial charge >= 0.3 is 6.09 Å². The lowest BCUT2D eigenvalue weighted by molar-refractivity contribution is -0.122. The van der Waals surface area contributed by atoms with Crippen molar-refractivity contribution in [2.75, 3.05) is 25.0 Å². The highest BCUT2D eigenvalue weighted by Crippen LogP contribution is 2.38. The molecule has 4 aromatic rings. The fourth-order valence-corrected chi connectivity index (χ4v) is 5.92. The zero-order valence-electron chi connectivity index (χ0n) is 22.8. The van der Waals surface area contributed by atoms with E-state index < -0.39 is 11.8 Å². The number of nitrogens with one attached hydrogen (secondary N) is 2. The number of anilines is 1. The number of rotatable bonds is 4. The molecule has 0 unspecified atom stereocenters. The van der Waals surface area contributed by atoms with Crippen LogP contribution in [0, 0.1) is 0 Å². The number of carbonyl (C=O) groups excluding carboxylic acids is 3. The van der Waals surface area contributed by atoms with Crippen molar-refractivity contribution < 1.29 is 19.1 Å². The molecular weight excluding hydrogens is 528 g/mol. The molecule has 2 aliphatic heterocycles. The van der Waals surface area contributed by atoms with Gasteiger partial charge in [0.15, 0.2) is 0 Å². The lowest BCUT2D eigenvalue weighted by Gasteiger charge is -2.35.